The van der Waals surface area contributed by atoms with Gasteiger partial charge in [0.25, 0.3) is 0 Å². The number of hydrogen-bond acceptors (Lipinski definition) is 10. The van der Waals surface area contributed by atoms with Crippen LogP contribution in [0.1, 0.15) is 40.5 Å². The smallest absolute Gasteiger partial charge is 0.247 e. The number of carbonyl (C=O) groups excluding carboxylic acids is 4. The summed E-state index contributed by atoms with van der Waals surface area (Å²) >= 11 is 0. The van der Waals surface area contributed by atoms with E-state index in [-0.39, 0.29) is 35.5 Å². The summed E-state index contributed by atoms with van der Waals surface area (Å²) in [6, 6.07) is 11.5. The SMILES string of the molecule is C=CC(=O)Nc1cccc(Oc2ccnc(Nc3ccc(NC(=O)[C@H]4CCCN4C(=O)[C@@H](NC(=O)[C@H](C)NC)C(C)(C)C)cc3OC)n2)c1. The second-order valence-corrected chi connectivity index (χ2v) is 12.6. The number of nitrogens with one attached hydrogen (secondary N) is 5. The standard InChI is InChI=1S/C35H44N8O6/c1-8-28(44)38-22-11-9-12-24(19-22)49-29-16-17-37-34(41-29)40-25-15-14-23(20-27(25)48-7)39-32(46)26-13-10-18-43(26)33(47)30(35(3,4)5)42-31(45)21(2)36-6/h8-9,11-12,14-17,19-21,26,30,36H,1,10,13,18H2,2-7H3,(H,38,44)(H,39,46)(H,42,45)(H,37,40,41)/t21-,26+,30+/m0/s1. The van der Waals surface area contributed by atoms with Gasteiger partial charge in [-0.05, 0) is 62.6 Å². The van der Waals surface area contributed by atoms with Crippen LogP contribution in [0, 0.1) is 5.41 Å². The first-order chi connectivity index (χ1) is 23.3. The molecule has 1 saturated heterocycles. The minimum Gasteiger partial charge on any atom is -0.494 e. The van der Waals surface area contributed by atoms with Crippen molar-refractivity contribution in [2.24, 2.45) is 5.41 Å². The molecule has 2 aromatic carbocycles. The zero-order valence-electron chi connectivity index (χ0n) is 28.6. The van der Waals surface area contributed by atoms with Crippen molar-refractivity contribution in [1.82, 2.24) is 25.5 Å². The molecule has 4 rings (SSSR count). The second kappa shape index (κ2) is 16.1. The Morgan fingerprint density at radius 2 is 1.82 bits per heavy atom. The van der Waals surface area contributed by atoms with Gasteiger partial charge in [-0.15, -0.1) is 0 Å². The minimum absolute atomic E-state index is 0.230. The number of nitrogens with zero attached hydrogens (tertiary/aromatic N) is 3. The third-order valence-corrected chi connectivity index (χ3v) is 7.92. The fourth-order valence-electron chi connectivity index (χ4n) is 5.14. The van der Waals surface area contributed by atoms with Gasteiger partial charge in [-0.3, -0.25) is 19.2 Å². The van der Waals surface area contributed by atoms with Crippen molar-refractivity contribution in [3.8, 4) is 17.4 Å². The first-order valence-electron chi connectivity index (χ1n) is 15.9. The fraction of sp³-hybridized carbons (Fsp3) is 0.371. The van der Waals surface area contributed by atoms with Crippen molar-refractivity contribution < 1.29 is 28.7 Å². The number of anilines is 4. The van der Waals surface area contributed by atoms with Crippen molar-refractivity contribution >= 4 is 46.6 Å². The maximum atomic E-state index is 13.8. The Bertz CT molecular complexity index is 1690. The van der Waals surface area contributed by atoms with E-state index >= 15 is 0 Å². The molecule has 0 saturated carbocycles. The molecule has 1 aliphatic rings. The number of amides is 4. The van der Waals surface area contributed by atoms with Crippen LogP contribution in [0.3, 0.4) is 0 Å². The number of hydrogen-bond donors (Lipinski definition) is 5. The van der Waals surface area contributed by atoms with Crippen molar-refractivity contribution in [3.63, 3.8) is 0 Å². The molecule has 260 valence electrons. The molecule has 1 fully saturated rings. The molecule has 0 radical (unpaired) electrons. The molecule has 4 amide bonds. The molecule has 2 heterocycles. The molecule has 0 bridgehead atoms. The molecule has 0 spiro atoms. The lowest BCUT2D eigenvalue weighted by Crippen LogP contribution is -2.59. The molecule has 1 aliphatic heterocycles. The second-order valence-electron chi connectivity index (χ2n) is 12.6. The van der Waals surface area contributed by atoms with Crippen LogP contribution in [-0.2, 0) is 19.2 Å². The van der Waals surface area contributed by atoms with Crippen LogP contribution in [0.25, 0.3) is 0 Å². The summed E-state index contributed by atoms with van der Waals surface area (Å²) < 4.78 is 11.5. The molecular formula is C35H44N8O6. The van der Waals surface area contributed by atoms with Crippen molar-refractivity contribution in [2.75, 3.05) is 36.7 Å². The topological polar surface area (TPSA) is 176 Å². The number of likely N-dealkylation sites (N-methyl/N-ethyl adjacent to an activating group) is 1. The van der Waals surface area contributed by atoms with Gasteiger partial charge >= 0.3 is 0 Å². The van der Waals surface area contributed by atoms with Crippen LogP contribution in [0.5, 0.6) is 17.4 Å². The third kappa shape index (κ3) is 9.54. The van der Waals surface area contributed by atoms with Crippen molar-refractivity contribution in [3.05, 3.63) is 67.4 Å². The largest absolute Gasteiger partial charge is 0.494 e. The summed E-state index contributed by atoms with van der Waals surface area (Å²) in [6.07, 6.45) is 3.86. The van der Waals surface area contributed by atoms with Gasteiger partial charge in [0, 0.05) is 42.3 Å². The predicted molar refractivity (Wildman–Crippen MR) is 187 cm³/mol. The zero-order valence-corrected chi connectivity index (χ0v) is 28.6. The summed E-state index contributed by atoms with van der Waals surface area (Å²) in [4.78, 5) is 61.8. The summed E-state index contributed by atoms with van der Waals surface area (Å²) in [6.45, 7) is 11.2. The molecule has 49 heavy (non-hydrogen) atoms. The third-order valence-electron chi connectivity index (χ3n) is 7.92. The van der Waals surface area contributed by atoms with E-state index in [1.54, 1.807) is 67.4 Å². The summed E-state index contributed by atoms with van der Waals surface area (Å²) in [5.41, 5.74) is 0.960. The summed E-state index contributed by atoms with van der Waals surface area (Å²) in [5.74, 6) is 0.0895. The molecule has 14 nitrogen and oxygen atoms in total. The average Bonchev–Trinajstić information content (AvgIpc) is 3.57. The van der Waals surface area contributed by atoms with Crippen LogP contribution >= 0.6 is 0 Å². The Kier molecular flexibility index (Phi) is 11.9. The maximum absolute atomic E-state index is 13.8. The van der Waals surface area contributed by atoms with E-state index in [1.165, 1.54) is 19.4 Å². The highest BCUT2D eigenvalue weighted by atomic mass is 16.5. The van der Waals surface area contributed by atoms with Gasteiger partial charge < -0.3 is 41.0 Å². The van der Waals surface area contributed by atoms with E-state index in [9.17, 15) is 19.2 Å². The number of rotatable bonds is 13. The molecule has 3 atom stereocenters. The van der Waals surface area contributed by atoms with Gasteiger partial charge in [0.05, 0.1) is 18.8 Å². The van der Waals surface area contributed by atoms with E-state index in [2.05, 4.69) is 43.1 Å². The van der Waals surface area contributed by atoms with Crippen molar-refractivity contribution in [2.45, 2.75) is 58.7 Å². The minimum atomic E-state index is -0.809. The monoisotopic (exact) mass is 672 g/mol. The Morgan fingerprint density at radius 1 is 1.06 bits per heavy atom. The molecular weight excluding hydrogens is 628 g/mol. The predicted octanol–water partition coefficient (Wildman–Crippen LogP) is 4.21. The number of benzene rings is 2. The molecule has 1 aromatic heterocycles. The highest BCUT2D eigenvalue weighted by molar-refractivity contribution is 6.00. The molecule has 0 unspecified atom stereocenters. The van der Waals surface area contributed by atoms with E-state index in [0.29, 0.717) is 47.9 Å². The Hall–Kier alpha value is -5.50. The lowest BCUT2D eigenvalue weighted by Gasteiger charge is -2.36. The van der Waals surface area contributed by atoms with E-state index in [1.807, 2.05) is 20.8 Å². The normalized spacial score (nSPS) is 15.4. The van der Waals surface area contributed by atoms with Gasteiger partial charge in [-0.2, -0.15) is 4.98 Å². The quantitative estimate of drug-likeness (QED) is 0.165. The summed E-state index contributed by atoms with van der Waals surface area (Å²) in [7, 11) is 3.17. The number of likely N-dealkylation sites (tertiary alicyclic amines) is 1. The van der Waals surface area contributed by atoms with Gasteiger partial charge in [0.1, 0.15) is 23.6 Å². The lowest BCUT2D eigenvalue weighted by atomic mass is 9.85. The average molecular weight is 673 g/mol. The number of ether oxygens (including phenoxy) is 2. The first kappa shape index (κ1) is 36.3. The van der Waals surface area contributed by atoms with Gasteiger partial charge in [-0.1, -0.05) is 33.4 Å². The maximum Gasteiger partial charge on any atom is 0.247 e. The zero-order chi connectivity index (χ0) is 35.7. The first-order valence-corrected chi connectivity index (χ1v) is 15.9. The van der Waals surface area contributed by atoms with E-state index < -0.39 is 23.5 Å². The molecule has 14 heteroatoms. The van der Waals surface area contributed by atoms with Gasteiger partial charge in [-0.25, -0.2) is 4.98 Å². The van der Waals surface area contributed by atoms with Crippen LogP contribution in [0.15, 0.2) is 67.4 Å². The molecule has 5 N–H and O–H groups in total. The number of methoxy groups -OCH3 is 1. The molecule has 0 aliphatic carbocycles. The van der Waals surface area contributed by atoms with Crippen LogP contribution in [0.4, 0.5) is 23.0 Å². The fourth-order valence-corrected chi connectivity index (χ4v) is 5.14. The Labute approximate surface area is 286 Å². The number of aromatic nitrogens is 2. The number of carbonyl (C=O) groups is 4. The highest BCUT2D eigenvalue weighted by Crippen LogP contribution is 2.32. The van der Waals surface area contributed by atoms with Crippen LogP contribution in [-0.4, -0.2) is 77.3 Å². The van der Waals surface area contributed by atoms with Crippen molar-refractivity contribution in [1.29, 1.82) is 0 Å². The van der Waals surface area contributed by atoms with E-state index in [4.69, 9.17) is 9.47 Å². The van der Waals surface area contributed by atoms with Gasteiger partial charge in [0.2, 0.25) is 35.5 Å². The van der Waals surface area contributed by atoms with E-state index in [0.717, 1.165) is 0 Å². The molecule has 3 aromatic rings. The Balaban J connectivity index is 1.44. The van der Waals surface area contributed by atoms with Gasteiger partial charge in [0.15, 0.2) is 0 Å². The lowest BCUT2D eigenvalue weighted by molar-refractivity contribution is -0.143. The Morgan fingerprint density at radius 3 is 2.51 bits per heavy atom. The highest BCUT2D eigenvalue weighted by Gasteiger charge is 2.42. The van der Waals surface area contributed by atoms with Crippen LogP contribution < -0.4 is 36.1 Å². The van der Waals surface area contributed by atoms with Crippen LogP contribution in [0.2, 0.25) is 0 Å². The summed E-state index contributed by atoms with van der Waals surface area (Å²) in [5, 5.41) is 14.5.